The molecular weight excluding hydrogens is 701 g/mol. The molecule has 0 saturated heterocycles. The first-order valence-corrected chi connectivity index (χ1v) is 20.0. The third kappa shape index (κ3) is 8.09. The lowest BCUT2D eigenvalue weighted by Gasteiger charge is -2.26. The van der Waals surface area contributed by atoms with E-state index >= 15 is 0 Å². The fourth-order valence-electron chi connectivity index (χ4n) is 7.65. The molecule has 0 amide bonds. The number of hydrogen-bond donors (Lipinski definition) is 0. The molecule has 0 N–H and O–H groups in total. The molecule has 278 valence electrons. The van der Waals surface area contributed by atoms with Gasteiger partial charge >= 0.3 is 0 Å². The van der Waals surface area contributed by atoms with Gasteiger partial charge < -0.3 is 9.80 Å². The van der Waals surface area contributed by atoms with Crippen LogP contribution in [0.25, 0.3) is 33.4 Å². The van der Waals surface area contributed by atoms with Gasteiger partial charge in [0, 0.05) is 34.1 Å². The van der Waals surface area contributed by atoms with E-state index in [4.69, 9.17) is 0 Å². The molecule has 9 aromatic carbocycles. The van der Waals surface area contributed by atoms with Crippen LogP contribution in [0.5, 0.6) is 0 Å². The van der Waals surface area contributed by atoms with Crippen molar-refractivity contribution < 1.29 is 0 Å². The Morgan fingerprint density at radius 2 is 0.483 bits per heavy atom. The molecule has 2 nitrogen and oxygen atoms in total. The number of aryl methyl sites for hydroxylation is 1. The van der Waals surface area contributed by atoms with Gasteiger partial charge in [-0.2, -0.15) is 0 Å². The van der Waals surface area contributed by atoms with E-state index in [1.165, 1.54) is 50.1 Å². The van der Waals surface area contributed by atoms with E-state index in [0.29, 0.717) is 0 Å². The van der Waals surface area contributed by atoms with E-state index in [9.17, 15) is 0 Å². The number of anilines is 6. The second kappa shape index (κ2) is 16.8. The molecule has 0 bridgehead atoms. The summed E-state index contributed by atoms with van der Waals surface area (Å²) in [4.78, 5) is 4.65. The molecule has 0 heterocycles. The molecule has 9 aromatic rings. The van der Waals surface area contributed by atoms with Crippen molar-refractivity contribution in [3.63, 3.8) is 0 Å². The standard InChI is InChI=1S/C56H44N2/c1-42-17-31-52(32-18-42)58(55-37-27-49(28-38-55)46-13-7-3-8-14-46)56-39-29-50(30-40-56)47-23-19-43(20-24-47)41-44-21-33-53(34-22-44)57(51-15-9-4-10-16-51)54-35-25-48(26-36-54)45-11-5-2-6-12-45/h2-40H,41H2,1H3. The normalized spacial score (nSPS) is 10.9. The molecule has 58 heavy (non-hydrogen) atoms. The van der Waals surface area contributed by atoms with Crippen LogP contribution in [0.1, 0.15) is 16.7 Å². The van der Waals surface area contributed by atoms with Crippen LogP contribution < -0.4 is 9.80 Å². The molecular formula is C56H44N2. The van der Waals surface area contributed by atoms with Crippen molar-refractivity contribution >= 4 is 34.1 Å². The molecule has 0 aliphatic rings. The smallest absolute Gasteiger partial charge is 0.0462 e. The van der Waals surface area contributed by atoms with Crippen molar-refractivity contribution in [2.75, 3.05) is 9.80 Å². The first-order valence-electron chi connectivity index (χ1n) is 20.0. The lowest BCUT2D eigenvalue weighted by molar-refractivity contribution is 1.18. The summed E-state index contributed by atoms with van der Waals surface area (Å²) in [6.45, 7) is 2.13. The van der Waals surface area contributed by atoms with Gasteiger partial charge in [-0.3, -0.25) is 0 Å². The van der Waals surface area contributed by atoms with E-state index in [1.807, 2.05) is 0 Å². The second-order valence-corrected chi connectivity index (χ2v) is 14.8. The Kier molecular flexibility index (Phi) is 10.5. The third-order valence-electron chi connectivity index (χ3n) is 10.8. The molecule has 9 rings (SSSR count). The van der Waals surface area contributed by atoms with Gasteiger partial charge in [0.2, 0.25) is 0 Å². The minimum absolute atomic E-state index is 0.866. The zero-order valence-corrected chi connectivity index (χ0v) is 32.6. The van der Waals surface area contributed by atoms with Crippen molar-refractivity contribution in [2.45, 2.75) is 13.3 Å². The van der Waals surface area contributed by atoms with Crippen LogP contribution in [-0.4, -0.2) is 0 Å². The Bertz CT molecular complexity index is 2670. The number of nitrogens with zero attached hydrogens (tertiary/aromatic N) is 2. The summed E-state index contributed by atoms with van der Waals surface area (Å²) >= 11 is 0. The molecule has 0 aliphatic heterocycles. The number of benzene rings is 9. The first-order chi connectivity index (χ1) is 28.6. The minimum Gasteiger partial charge on any atom is -0.311 e. The summed E-state index contributed by atoms with van der Waals surface area (Å²) in [5, 5.41) is 0. The zero-order valence-electron chi connectivity index (χ0n) is 32.6. The fraction of sp³-hybridized carbons (Fsp3) is 0.0357. The fourth-order valence-corrected chi connectivity index (χ4v) is 7.65. The molecule has 0 aliphatic carbocycles. The third-order valence-corrected chi connectivity index (χ3v) is 10.8. The molecule has 0 radical (unpaired) electrons. The van der Waals surface area contributed by atoms with Crippen LogP contribution >= 0.6 is 0 Å². The van der Waals surface area contributed by atoms with Crippen LogP contribution in [0.3, 0.4) is 0 Å². The Balaban J connectivity index is 0.912. The monoisotopic (exact) mass is 744 g/mol. The van der Waals surface area contributed by atoms with Gasteiger partial charge in [-0.1, -0.05) is 169 Å². The Labute approximate surface area is 342 Å². The SMILES string of the molecule is Cc1ccc(N(c2ccc(-c3ccccc3)cc2)c2ccc(-c3ccc(Cc4ccc(N(c5ccccc5)c5ccc(-c6ccccc6)cc5)cc4)cc3)cc2)cc1. The van der Waals surface area contributed by atoms with Gasteiger partial charge in [0.05, 0.1) is 0 Å². The van der Waals surface area contributed by atoms with Gasteiger partial charge in [0.15, 0.2) is 0 Å². The van der Waals surface area contributed by atoms with Crippen LogP contribution in [0.4, 0.5) is 34.1 Å². The number of para-hydroxylation sites is 1. The van der Waals surface area contributed by atoms with E-state index in [2.05, 4.69) is 253 Å². The number of rotatable bonds is 11. The van der Waals surface area contributed by atoms with Crippen molar-refractivity contribution in [3.05, 3.63) is 253 Å². The first kappa shape index (κ1) is 36.2. The largest absolute Gasteiger partial charge is 0.311 e. The van der Waals surface area contributed by atoms with Crippen molar-refractivity contribution in [2.24, 2.45) is 0 Å². The van der Waals surface area contributed by atoms with Crippen LogP contribution in [0.2, 0.25) is 0 Å². The number of hydrogen-bond acceptors (Lipinski definition) is 2. The van der Waals surface area contributed by atoms with Gasteiger partial charge in [0.1, 0.15) is 0 Å². The highest BCUT2D eigenvalue weighted by molar-refractivity contribution is 5.81. The van der Waals surface area contributed by atoms with E-state index < -0.39 is 0 Å². The zero-order chi connectivity index (χ0) is 39.1. The van der Waals surface area contributed by atoms with Gasteiger partial charge in [-0.15, -0.1) is 0 Å². The summed E-state index contributed by atoms with van der Waals surface area (Å²) < 4.78 is 0. The summed E-state index contributed by atoms with van der Waals surface area (Å²) in [5.74, 6) is 0. The Morgan fingerprint density at radius 1 is 0.241 bits per heavy atom. The van der Waals surface area contributed by atoms with Crippen LogP contribution in [0, 0.1) is 6.92 Å². The maximum Gasteiger partial charge on any atom is 0.0462 e. The summed E-state index contributed by atoms with van der Waals surface area (Å²) in [7, 11) is 0. The predicted molar refractivity (Wildman–Crippen MR) is 246 cm³/mol. The Morgan fingerprint density at radius 3 is 0.845 bits per heavy atom. The lowest BCUT2D eigenvalue weighted by atomic mass is 9.99. The van der Waals surface area contributed by atoms with Crippen LogP contribution in [0.15, 0.2) is 237 Å². The average Bonchev–Trinajstić information content (AvgIpc) is 3.30. The van der Waals surface area contributed by atoms with E-state index in [1.54, 1.807) is 0 Å². The molecule has 0 fully saturated rings. The summed E-state index contributed by atoms with van der Waals surface area (Å²) in [6.07, 6.45) is 0.866. The summed E-state index contributed by atoms with van der Waals surface area (Å²) in [6, 6.07) is 85.0. The molecule has 2 heteroatoms. The average molecular weight is 745 g/mol. The van der Waals surface area contributed by atoms with E-state index in [-0.39, 0.29) is 0 Å². The maximum absolute atomic E-state index is 2.33. The molecule has 0 aromatic heterocycles. The van der Waals surface area contributed by atoms with Gasteiger partial charge in [0.25, 0.3) is 0 Å². The highest BCUT2D eigenvalue weighted by Gasteiger charge is 2.15. The van der Waals surface area contributed by atoms with E-state index in [0.717, 1.165) is 40.5 Å². The minimum atomic E-state index is 0.866. The van der Waals surface area contributed by atoms with Crippen molar-refractivity contribution in [1.82, 2.24) is 0 Å². The lowest BCUT2D eigenvalue weighted by Crippen LogP contribution is -2.09. The highest BCUT2D eigenvalue weighted by atomic mass is 15.1. The highest BCUT2D eigenvalue weighted by Crippen LogP contribution is 2.38. The molecule has 0 saturated carbocycles. The topological polar surface area (TPSA) is 6.48 Å². The van der Waals surface area contributed by atoms with Crippen LogP contribution in [-0.2, 0) is 6.42 Å². The quantitative estimate of drug-likeness (QED) is 0.130. The predicted octanol–water partition coefficient (Wildman–Crippen LogP) is 15.5. The molecule has 0 spiro atoms. The summed E-state index contributed by atoms with van der Waals surface area (Å²) in [5.41, 5.74) is 17.8. The Hall–Kier alpha value is -7.42. The van der Waals surface area contributed by atoms with Crippen molar-refractivity contribution in [1.29, 1.82) is 0 Å². The molecule has 0 atom stereocenters. The van der Waals surface area contributed by atoms with Crippen molar-refractivity contribution in [3.8, 4) is 33.4 Å². The maximum atomic E-state index is 2.33. The molecule has 0 unspecified atom stereocenters. The van der Waals surface area contributed by atoms with Gasteiger partial charge in [-0.05, 0) is 131 Å². The van der Waals surface area contributed by atoms with Gasteiger partial charge in [-0.25, -0.2) is 0 Å². The second-order valence-electron chi connectivity index (χ2n) is 14.8.